The quantitative estimate of drug-likeness (QED) is 0.489. The molecular weight excluding hydrogens is 144 g/mol. The summed E-state index contributed by atoms with van der Waals surface area (Å²) in [6.45, 7) is 7.13. The van der Waals surface area contributed by atoms with Crippen LogP contribution in [0.15, 0.2) is 5.10 Å². The molecule has 0 aromatic carbocycles. The fourth-order valence-electron chi connectivity index (χ4n) is 0.398. The summed E-state index contributed by atoms with van der Waals surface area (Å²) in [5.41, 5.74) is 3.02. The summed E-state index contributed by atoms with van der Waals surface area (Å²) in [5, 5.41) is 3.67. The number of rotatable bonds is 2. The molecule has 0 saturated heterocycles. The predicted molar refractivity (Wildman–Crippen MR) is 43.5 cm³/mol. The van der Waals surface area contributed by atoms with Crippen molar-refractivity contribution in [1.82, 2.24) is 5.43 Å². The van der Waals surface area contributed by atoms with Gasteiger partial charge in [0.15, 0.2) is 0 Å². The Balaban J connectivity index is 3.62. The summed E-state index contributed by atoms with van der Waals surface area (Å²) in [6, 6.07) is 0. The Kier molecular flexibility index (Phi) is 4.26. The molecule has 4 heteroatoms. The van der Waals surface area contributed by atoms with Gasteiger partial charge < -0.3 is 4.74 Å². The molecular formula is C7H14N2O2. The van der Waals surface area contributed by atoms with Crippen LogP contribution in [0.1, 0.15) is 27.7 Å². The van der Waals surface area contributed by atoms with Crippen molar-refractivity contribution in [3.05, 3.63) is 0 Å². The zero-order chi connectivity index (χ0) is 8.85. The highest BCUT2D eigenvalue weighted by Crippen LogP contribution is 1.87. The monoisotopic (exact) mass is 158 g/mol. The highest BCUT2D eigenvalue weighted by Gasteiger charge is 2.01. The zero-order valence-corrected chi connectivity index (χ0v) is 7.34. The van der Waals surface area contributed by atoms with E-state index in [-0.39, 0.29) is 6.10 Å². The van der Waals surface area contributed by atoms with E-state index in [1.807, 2.05) is 0 Å². The minimum atomic E-state index is -0.513. The van der Waals surface area contributed by atoms with E-state index in [0.717, 1.165) is 5.71 Å². The molecule has 0 aliphatic heterocycles. The van der Waals surface area contributed by atoms with Crippen LogP contribution in [0.5, 0.6) is 0 Å². The van der Waals surface area contributed by atoms with Crippen molar-refractivity contribution in [3.63, 3.8) is 0 Å². The van der Waals surface area contributed by atoms with Gasteiger partial charge in [-0.25, -0.2) is 10.2 Å². The average Bonchev–Trinajstić information content (AvgIpc) is 1.82. The Bertz CT molecular complexity index is 160. The molecule has 0 spiro atoms. The molecule has 0 radical (unpaired) electrons. The zero-order valence-electron chi connectivity index (χ0n) is 7.34. The van der Waals surface area contributed by atoms with E-state index < -0.39 is 6.09 Å². The van der Waals surface area contributed by atoms with Gasteiger partial charge >= 0.3 is 6.09 Å². The molecule has 4 nitrogen and oxygen atoms in total. The molecule has 0 bridgehead atoms. The van der Waals surface area contributed by atoms with Gasteiger partial charge in [-0.15, -0.1) is 0 Å². The van der Waals surface area contributed by atoms with E-state index in [9.17, 15) is 4.79 Å². The Morgan fingerprint density at radius 1 is 1.45 bits per heavy atom. The molecule has 0 atom stereocenters. The first kappa shape index (κ1) is 9.94. The van der Waals surface area contributed by atoms with Gasteiger partial charge in [0.05, 0.1) is 6.10 Å². The maximum absolute atomic E-state index is 10.7. The van der Waals surface area contributed by atoms with Crippen molar-refractivity contribution >= 4 is 11.8 Å². The number of hydrogen-bond donors (Lipinski definition) is 1. The Labute approximate surface area is 66.6 Å². The fraction of sp³-hybridized carbons (Fsp3) is 0.714. The number of ether oxygens (including phenoxy) is 1. The lowest BCUT2D eigenvalue weighted by Gasteiger charge is -2.05. The standard InChI is InChI=1S/C7H14N2O2/c1-5(2)8-9-7(10)11-6(3)4/h6H,1-4H3,(H,9,10). The van der Waals surface area contributed by atoms with Gasteiger partial charge in [-0.1, -0.05) is 0 Å². The second-order valence-electron chi connectivity index (χ2n) is 2.62. The van der Waals surface area contributed by atoms with E-state index in [4.69, 9.17) is 4.74 Å². The maximum Gasteiger partial charge on any atom is 0.427 e. The highest BCUT2D eigenvalue weighted by molar-refractivity contribution is 5.80. The fourth-order valence-corrected chi connectivity index (χ4v) is 0.398. The van der Waals surface area contributed by atoms with E-state index in [0.29, 0.717) is 0 Å². The maximum atomic E-state index is 10.7. The third-order valence-corrected chi connectivity index (χ3v) is 0.714. The van der Waals surface area contributed by atoms with Crippen molar-refractivity contribution in [2.45, 2.75) is 33.8 Å². The van der Waals surface area contributed by atoms with Crippen LogP contribution >= 0.6 is 0 Å². The SMILES string of the molecule is CC(C)=NNC(=O)OC(C)C. The molecule has 11 heavy (non-hydrogen) atoms. The predicted octanol–water partition coefficient (Wildman–Crippen LogP) is 1.52. The number of carbonyl (C=O) groups excluding carboxylic acids is 1. The van der Waals surface area contributed by atoms with Crippen LogP contribution in [0.2, 0.25) is 0 Å². The molecule has 0 saturated carbocycles. The van der Waals surface area contributed by atoms with Crippen molar-refractivity contribution in [1.29, 1.82) is 0 Å². The second kappa shape index (κ2) is 4.71. The first-order chi connectivity index (χ1) is 5.02. The van der Waals surface area contributed by atoms with Crippen LogP contribution in [0.3, 0.4) is 0 Å². The van der Waals surface area contributed by atoms with Gasteiger partial charge in [0.2, 0.25) is 0 Å². The molecule has 0 rings (SSSR count). The number of nitrogens with zero attached hydrogens (tertiary/aromatic N) is 1. The van der Waals surface area contributed by atoms with Crippen LogP contribution in [-0.2, 0) is 4.74 Å². The molecule has 0 fully saturated rings. The van der Waals surface area contributed by atoms with E-state index >= 15 is 0 Å². The normalized spacial score (nSPS) is 9.18. The minimum Gasteiger partial charge on any atom is -0.446 e. The molecule has 0 aliphatic carbocycles. The first-order valence-corrected chi connectivity index (χ1v) is 3.50. The summed E-state index contributed by atoms with van der Waals surface area (Å²) in [4.78, 5) is 10.7. The molecule has 1 amide bonds. The van der Waals surface area contributed by atoms with E-state index in [1.165, 1.54) is 0 Å². The summed E-state index contributed by atoms with van der Waals surface area (Å²) >= 11 is 0. The molecule has 0 aliphatic rings. The molecule has 0 unspecified atom stereocenters. The number of carbonyl (C=O) groups is 1. The Morgan fingerprint density at radius 3 is 2.36 bits per heavy atom. The number of hydrogen-bond acceptors (Lipinski definition) is 3. The van der Waals surface area contributed by atoms with Gasteiger partial charge in [0.25, 0.3) is 0 Å². The number of nitrogens with one attached hydrogen (secondary N) is 1. The van der Waals surface area contributed by atoms with Gasteiger partial charge in [-0.2, -0.15) is 5.10 Å². The first-order valence-electron chi connectivity index (χ1n) is 3.50. The van der Waals surface area contributed by atoms with Crippen LogP contribution < -0.4 is 5.43 Å². The number of hydrazone groups is 1. The molecule has 0 aromatic rings. The van der Waals surface area contributed by atoms with Crippen molar-refractivity contribution in [3.8, 4) is 0 Å². The van der Waals surface area contributed by atoms with Gasteiger partial charge in [0.1, 0.15) is 0 Å². The lowest BCUT2D eigenvalue weighted by Crippen LogP contribution is -2.22. The topological polar surface area (TPSA) is 50.7 Å². The largest absolute Gasteiger partial charge is 0.446 e. The van der Waals surface area contributed by atoms with Gasteiger partial charge in [0, 0.05) is 5.71 Å². The van der Waals surface area contributed by atoms with Crippen LogP contribution in [0, 0.1) is 0 Å². The van der Waals surface area contributed by atoms with Crippen molar-refractivity contribution in [2.24, 2.45) is 5.10 Å². The van der Waals surface area contributed by atoms with Gasteiger partial charge in [-0.05, 0) is 27.7 Å². The third-order valence-electron chi connectivity index (χ3n) is 0.714. The van der Waals surface area contributed by atoms with Crippen LogP contribution in [0.4, 0.5) is 4.79 Å². The number of amides is 1. The smallest absolute Gasteiger partial charge is 0.427 e. The van der Waals surface area contributed by atoms with E-state index in [1.54, 1.807) is 27.7 Å². The third kappa shape index (κ3) is 6.83. The minimum absolute atomic E-state index is 0.109. The lowest BCUT2D eigenvalue weighted by molar-refractivity contribution is 0.116. The van der Waals surface area contributed by atoms with Crippen LogP contribution in [-0.4, -0.2) is 17.9 Å². The Morgan fingerprint density at radius 2 is 2.00 bits per heavy atom. The van der Waals surface area contributed by atoms with Gasteiger partial charge in [-0.3, -0.25) is 0 Å². The van der Waals surface area contributed by atoms with Crippen molar-refractivity contribution < 1.29 is 9.53 Å². The van der Waals surface area contributed by atoms with Crippen LogP contribution in [0.25, 0.3) is 0 Å². The summed E-state index contributed by atoms with van der Waals surface area (Å²) < 4.78 is 4.74. The average molecular weight is 158 g/mol. The summed E-state index contributed by atoms with van der Waals surface area (Å²) in [6.07, 6.45) is -0.622. The molecule has 1 N–H and O–H groups in total. The summed E-state index contributed by atoms with van der Waals surface area (Å²) in [5.74, 6) is 0. The van der Waals surface area contributed by atoms with E-state index in [2.05, 4.69) is 10.5 Å². The molecule has 0 heterocycles. The Hall–Kier alpha value is -1.06. The van der Waals surface area contributed by atoms with Crippen molar-refractivity contribution in [2.75, 3.05) is 0 Å². The highest BCUT2D eigenvalue weighted by atomic mass is 16.6. The summed E-state index contributed by atoms with van der Waals surface area (Å²) in [7, 11) is 0. The second-order valence-corrected chi connectivity index (χ2v) is 2.62. The lowest BCUT2D eigenvalue weighted by atomic mass is 10.5. The molecule has 0 aromatic heterocycles. The molecule has 64 valence electrons.